The predicted molar refractivity (Wildman–Crippen MR) is 37.8 cm³/mol. The zero-order chi connectivity index (χ0) is 8.91. The van der Waals surface area contributed by atoms with E-state index in [0.29, 0.717) is 4.67 Å². The molecule has 0 atom stereocenters. The van der Waals surface area contributed by atoms with Crippen LogP contribution < -0.4 is 0 Å². The second-order valence-electron chi connectivity index (χ2n) is 1.91. The first kappa shape index (κ1) is 11.0. The fourth-order valence-electron chi connectivity index (χ4n) is 0.603. The Labute approximate surface area is 64.3 Å². The Hall–Kier alpha value is 0.0300. The molecule has 0 heterocycles. The van der Waals surface area contributed by atoms with Gasteiger partial charge in [0.1, 0.15) is 0 Å². The maximum atomic E-state index is 10.5. The first-order valence-electron chi connectivity index (χ1n) is 3.05. The summed E-state index contributed by atoms with van der Waals surface area (Å²) in [4.78, 5) is 17.1. The monoisotopic (exact) mass is 185 g/mol. The Bertz CT molecular complexity index is 139. The lowest BCUT2D eigenvalue weighted by molar-refractivity contribution is 0.185. The van der Waals surface area contributed by atoms with Gasteiger partial charge in [0.2, 0.25) is 0 Å². The molecule has 0 fully saturated rings. The Balaban J connectivity index is 3.99. The molecular formula is C4H12NO5P. The lowest BCUT2D eigenvalue weighted by Crippen LogP contribution is -2.26. The molecule has 0 aromatic heterocycles. The van der Waals surface area contributed by atoms with E-state index in [1.54, 1.807) is 0 Å². The van der Waals surface area contributed by atoms with E-state index in [0.717, 1.165) is 0 Å². The van der Waals surface area contributed by atoms with E-state index in [1.807, 2.05) is 0 Å². The van der Waals surface area contributed by atoms with Gasteiger partial charge in [-0.3, -0.25) is 0 Å². The van der Waals surface area contributed by atoms with E-state index >= 15 is 0 Å². The summed E-state index contributed by atoms with van der Waals surface area (Å²) in [5.41, 5.74) is 0. The number of rotatable bonds is 5. The Morgan fingerprint density at radius 3 is 1.64 bits per heavy atom. The number of nitrogens with zero attached hydrogens (tertiary/aromatic N) is 1. The molecule has 0 aliphatic rings. The summed E-state index contributed by atoms with van der Waals surface area (Å²) in [5, 5.41) is 16.7. The van der Waals surface area contributed by atoms with Gasteiger partial charge in [0.15, 0.2) is 0 Å². The SMILES string of the molecule is O=P(O)(O)N(CCO)CCO. The molecule has 6 nitrogen and oxygen atoms in total. The Morgan fingerprint density at radius 1 is 1.09 bits per heavy atom. The maximum absolute atomic E-state index is 10.5. The van der Waals surface area contributed by atoms with Gasteiger partial charge in [0.25, 0.3) is 0 Å². The summed E-state index contributed by atoms with van der Waals surface area (Å²) in [7, 11) is -4.30. The fraction of sp³-hybridized carbons (Fsp3) is 1.00. The minimum absolute atomic E-state index is 0.134. The molecule has 0 unspecified atom stereocenters. The zero-order valence-corrected chi connectivity index (χ0v) is 6.81. The summed E-state index contributed by atoms with van der Waals surface area (Å²) >= 11 is 0. The van der Waals surface area contributed by atoms with Gasteiger partial charge in [0.05, 0.1) is 13.2 Å². The highest BCUT2D eigenvalue weighted by Gasteiger charge is 2.23. The number of aliphatic hydroxyl groups is 2. The quantitative estimate of drug-likeness (QED) is 0.383. The third-order valence-corrected chi connectivity index (χ3v) is 2.22. The zero-order valence-electron chi connectivity index (χ0n) is 5.92. The van der Waals surface area contributed by atoms with Gasteiger partial charge in [-0.15, -0.1) is 0 Å². The molecule has 0 spiro atoms. The molecule has 0 rings (SSSR count). The van der Waals surface area contributed by atoms with E-state index in [2.05, 4.69) is 0 Å². The van der Waals surface area contributed by atoms with Crippen molar-refractivity contribution in [1.29, 1.82) is 0 Å². The topological polar surface area (TPSA) is 101 Å². The van der Waals surface area contributed by atoms with Gasteiger partial charge < -0.3 is 20.0 Å². The third-order valence-electron chi connectivity index (χ3n) is 1.08. The molecule has 7 heteroatoms. The number of hydrogen-bond acceptors (Lipinski definition) is 3. The van der Waals surface area contributed by atoms with Crippen molar-refractivity contribution in [3.63, 3.8) is 0 Å². The highest BCUT2D eigenvalue weighted by atomic mass is 31.2. The maximum Gasteiger partial charge on any atom is 0.403 e. The second kappa shape index (κ2) is 4.82. The summed E-state index contributed by atoms with van der Waals surface area (Å²) in [6, 6.07) is 0. The molecule has 0 radical (unpaired) electrons. The van der Waals surface area contributed by atoms with E-state index in [4.69, 9.17) is 20.0 Å². The van der Waals surface area contributed by atoms with Crippen LogP contribution in [0.5, 0.6) is 0 Å². The van der Waals surface area contributed by atoms with Crippen LogP contribution in [0, 0.1) is 0 Å². The molecule has 0 aliphatic carbocycles. The second-order valence-corrected chi connectivity index (χ2v) is 3.51. The van der Waals surface area contributed by atoms with Crippen molar-refractivity contribution >= 4 is 7.75 Å². The van der Waals surface area contributed by atoms with Gasteiger partial charge >= 0.3 is 7.75 Å². The van der Waals surface area contributed by atoms with Crippen LogP contribution in [0.25, 0.3) is 0 Å². The number of aliphatic hydroxyl groups excluding tert-OH is 2. The lowest BCUT2D eigenvalue weighted by atomic mass is 10.6. The average Bonchev–Trinajstić information content (AvgIpc) is 1.85. The average molecular weight is 185 g/mol. The van der Waals surface area contributed by atoms with Crippen molar-refractivity contribution < 1.29 is 24.6 Å². The van der Waals surface area contributed by atoms with Crippen LogP contribution in [0.2, 0.25) is 0 Å². The summed E-state index contributed by atoms with van der Waals surface area (Å²) in [6.45, 7) is -0.952. The molecular weight excluding hydrogens is 173 g/mol. The molecule has 0 aromatic carbocycles. The van der Waals surface area contributed by atoms with Gasteiger partial charge in [0, 0.05) is 13.1 Å². The van der Waals surface area contributed by atoms with Crippen molar-refractivity contribution in [3.8, 4) is 0 Å². The predicted octanol–water partition coefficient (Wildman–Crippen LogP) is -1.63. The Kier molecular flexibility index (Phi) is 4.83. The van der Waals surface area contributed by atoms with Crippen molar-refractivity contribution in [2.75, 3.05) is 26.3 Å². The highest BCUT2D eigenvalue weighted by Crippen LogP contribution is 2.38. The molecule has 0 saturated heterocycles. The van der Waals surface area contributed by atoms with Crippen LogP contribution in [0.3, 0.4) is 0 Å². The van der Waals surface area contributed by atoms with Crippen LogP contribution in [0.4, 0.5) is 0 Å². The molecule has 0 amide bonds. The molecule has 0 saturated carbocycles. The van der Waals surface area contributed by atoms with Crippen molar-refractivity contribution in [3.05, 3.63) is 0 Å². The van der Waals surface area contributed by atoms with Crippen molar-refractivity contribution in [2.24, 2.45) is 0 Å². The van der Waals surface area contributed by atoms with E-state index in [9.17, 15) is 4.57 Å². The van der Waals surface area contributed by atoms with Crippen LogP contribution in [0.1, 0.15) is 0 Å². The summed E-state index contributed by atoms with van der Waals surface area (Å²) in [5.74, 6) is 0. The minimum atomic E-state index is -4.30. The van der Waals surface area contributed by atoms with Gasteiger partial charge in [-0.1, -0.05) is 0 Å². The smallest absolute Gasteiger partial charge is 0.395 e. The van der Waals surface area contributed by atoms with Gasteiger partial charge in [-0.25, -0.2) is 9.24 Å². The molecule has 68 valence electrons. The van der Waals surface area contributed by atoms with Crippen LogP contribution >= 0.6 is 7.75 Å². The minimum Gasteiger partial charge on any atom is -0.395 e. The lowest BCUT2D eigenvalue weighted by Gasteiger charge is -2.20. The van der Waals surface area contributed by atoms with Crippen LogP contribution in [0.15, 0.2) is 0 Å². The largest absolute Gasteiger partial charge is 0.403 e. The van der Waals surface area contributed by atoms with Crippen molar-refractivity contribution in [1.82, 2.24) is 4.67 Å². The van der Waals surface area contributed by atoms with E-state index in [-0.39, 0.29) is 26.3 Å². The normalized spacial score (nSPS) is 12.5. The molecule has 0 aliphatic heterocycles. The molecule has 0 aromatic rings. The Morgan fingerprint density at radius 2 is 1.45 bits per heavy atom. The fourth-order valence-corrected chi connectivity index (χ4v) is 1.30. The van der Waals surface area contributed by atoms with Crippen LogP contribution in [-0.4, -0.2) is 51.0 Å². The van der Waals surface area contributed by atoms with Gasteiger partial charge in [-0.2, -0.15) is 0 Å². The first-order chi connectivity index (χ1) is 5.02. The first-order valence-corrected chi connectivity index (χ1v) is 4.61. The molecule has 4 N–H and O–H groups in total. The summed E-state index contributed by atoms with van der Waals surface area (Å²) in [6.07, 6.45) is 0. The molecule has 11 heavy (non-hydrogen) atoms. The summed E-state index contributed by atoms with van der Waals surface area (Å²) < 4.78 is 11.2. The van der Waals surface area contributed by atoms with E-state index < -0.39 is 7.75 Å². The van der Waals surface area contributed by atoms with Crippen LogP contribution in [-0.2, 0) is 4.57 Å². The molecule has 0 bridgehead atoms. The van der Waals surface area contributed by atoms with Crippen molar-refractivity contribution in [2.45, 2.75) is 0 Å². The van der Waals surface area contributed by atoms with E-state index in [1.165, 1.54) is 0 Å². The highest BCUT2D eigenvalue weighted by molar-refractivity contribution is 7.49. The standard InChI is InChI=1S/C4H12NO5P/c6-3-1-5(2-4-7)11(8,9)10/h6-7H,1-4H2,(H2,8,9,10). The number of hydrogen-bond donors (Lipinski definition) is 4. The van der Waals surface area contributed by atoms with Gasteiger partial charge in [-0.05, 0) is 0 Å². The third kappa shape index (κ3) is 4.47.